The first-order chi connectivity index (χ1) is 5.03. The van der Waals surface area contributed by atoms with E-state index in [1.165, 1.54) is 0 Å². The van der Waals surface area contributed by atoms with E-state index in [4.69, 9.17) is 9.84 Å². The highest BCUT2D eigenvalue weighted by molar-refractivity contribution is 6.80. The van der Waals surface area contributed by atoms with Crippen molar-refractivity contribution in [3.8, 4) is 0 Å². The van der Waals surface area contributed by atoms with Gasteiger partial charge in [-0.15, -0.1) is 0 Å². The number of hydrogen-bond acceptors (Lipinski definition) is 2. The Kier molecular flexibility index (Phi) is 2.52. The highest BCUT2D eigenvalue weighted by Crippen LogP contribution is 2.23. The summed E-state index contributed by atoms with van der Waals surface area (Å²) in [5.41, 5.74) is 2.26. The van der Waals surface area contributed by atoms with E-state index in [0.29, 0.717) is 0 Å². The van der Waals surface area contributed by atoms with Crippen LogP contribution in [0.1, 0.15) is 0 Å². The molecular weight excluding hydrogens is 156 g/mol. The Hall–Kier alpha value is -0.123. The first-order valence-electron chi connectivity index (χ1n) is 3.98. The molecule has 0 aromatic carbocycles. The van der Waals surface area contributed by atoms with E-state index in [2.05, 4.69) is 31.4 Å². The van der Waals surface area contributed by atoms with Crippen molar-refractivity contribution in [3.63, 3.8) is 0 Å². The Morgan fingerprint density at radius 1 is 1.45 bits per heavy atom. The van der Waals surface area contributed by atoms with Crippen LogP contribution in [0.5, 0.6) is 0 Å². The van der Waals surface area contributed by atoms with Gasteiger partial charge >= 0.3 is 0 Å². The summed E-state index contributed by atoms with van der Waals surface area (Å²) in [6.07, 6.45) is 2.38. The topological polar surface area (TPSA) is 32.8 Å². The van der Waals surface area contributed by atoms with E-state index in [-0.39, 0.29) is 18.8 Å². The summed E-state index contributed by atoms with van der Waals surface area (Å²) < 4.78 is 5.15. The fraction of sp³-hybridized carbons (Fsp3) is 0.750. The lowest BCUT2D eigenvalue weighted by molar-refractivity contribution is 0.243. The Morgan fingerprint density at radius 2 is 2.09 bits per heavy atom. The van der Waals surface area contributed by atoms with Gasteiger partial charge in [0.1, 0.15) is 12.2 Å². The van der Waals surface area contributed by atoms with Gasteiger partial charge in [0.2, 0.25) is 0 Å². The van der Waals surface area contributed by atoms with Gasteiger partial charge in [0, 0.05) is 0 Å². The second-order valence-corrected chi connectivity index (χ2v) is 9.11. The summed E-state index contributed by atoms with van der Waals surface area (Å²) in [6, 6.07) is 0. The molecule has 1 rings (SSSR count). The third kappa shape index (κ3) is 3.18. The largest absolute Gasteiger partial charge is 0.394 e. The zero-order valence-corrected chi connectivity index (χ0v) is 8.37. The molecule has 1 saturated heterocycles. The van der Waals surface area contributed by atoms with Crippen molar-refractivity contribution in [2.75, 3.05) is 6.61 Å². The monoisotopic (exact) mass is 172 g/mol. The van der Waals surface area contributed by atoms with Gasteiger partial charge in [-0.05, 0) is 0 Å². The lowest BCUT2D eigenvalue weighted by Gasteiger charge is -2.06. The number of epoxide rings is 1. The molecule has 0 radical (unpaired) electrons. The maximum atomic E-state index is 8.66. The SMILES string of the molecule is C[Si](C)(C)/C=C/C1OC1CO. The molecule has 64 valence electrons. The summed E-state index contributed by atoms with van der Waals surface area (Å²) in [4.78, 5) is 0. The van der Waals surface area contributed by atoms with Crippen LogP contribution in [0.25, 0.3) is 0 Å². The average Bonchev–Trinajstić information content (AvgIpc) is 2.60. The Morgan fingerprint density at radius 3 is 2.45 bits per heavy atom. The molecule has 1 aliphatic heterocycles. The van der Waals surface area contributed by atoms with Crippen LogP contribution in [0, 0.1) is 0 Å². The van der Waals surface area contributed by atoms with Gasteiger partial charge < -0.3 is 9.84 Å². The van der Waals surface area contributed by atoms with Gasteiger partial charge in [0.15, 0.2) is 0 Å². The summed E-state index contributed by atoms with van der Waals surface area (Å²) >= 11 is 0. The molecule has 1 aliphatic rings. The van der Waals surface area contributed by atoms with Crippen molar-refractivity contribution < 1.29 is 9.84 Å². The molecule has 0 spiro atoms. The van der Waals surface area contributed by atoms with Gasteiger partial charge in [0.05, 0.1) is 14.7 Å². The highest BCUT2D eigenvalue weighted by Gasteiger charge is 2.35. The number of hydrogen-bond donors (Lipinski definition) is 1. The molecule has 1 N–H and O–H groups in total. The molecule has 1 heterocycles. The van der Waals surface area contributed by atoms with Crippen LogP contribution >= 0.6 is 0 Å². The van der Waals surface area contributed by atoms with Crippen molar-refractivity contribution in [2.24, 2.45) is 0 Å². The maximum Gasteiger partial charge on any atom is 0.111 e. The summed E-state index contributed by atoms with van der Waals surface area (Å²) in [5, 5.41) is 8.66. The highest BCUT2D eigenvalue weighted by atomic mass is 28.3. The van der Waals surface area contributed by atoms with Gasteiger partial charge in [0.25, 0.3) is 0 Å². The summed E-state index contributed by atoms with van der Waals surface area (Å²) in [7, 11) is -1.06. The molecule has 2 nitrogen and oxygen atoms in total. The van der Waals surface area contributed by atoms with Crippen LogP contribution in [0.2, 0.25) is 19.6 Å². The maximum absolute atomic E-state index is 8.66. The predicted molar refractivity (Wildman–Crippen MR) is 48.2 cm³/mol. The van der Waals surface area contributed by atoms with Crippen molar-refractivity contribution in [1.82, 2.24) is 0 Å². The van der Waals surface area contributed by atoms with Gasteiger partial charge in [-0.3, -0.25) is 0 Å². The predicted octanol–water partition coefficient (Wildman–Crippen LogP) is 1.18. The van der Waals surface area contributed by atoms with Crippen molar-refractivity contribution >= 4 is 8.07 Å². The minimum absolute atomic E-state index is 0.0857. The molecule has 2 unspecified atom stereocenters. The summed E-state index contributed by atoms with van der Waals surface area (Å²) in [6.45, 7) is 6.99. The van der Waals surface area contributed by atoms with Gasteiger partial charge in [-0.1, -0.05) is 31.4 Å². The number of ether oxygens (including phenoxy) is 1. The first-order valence-corrected chi connectivity index (χ1v) is 7.56. The van der Waals surface area contributed by atoms with E-state index >= 15 is 0 Å². The molecule has 0 saturated carbocycles. The molecule has 0 aromatic rings. The average molecular weight is 172 g/mol. The van der Waals surface area contributed by atoms with Crippen LogP contribution in [0.4, 0.5) is 0 Å². The first kappa shape index (κ1) is 8.97. The quantitative estimate of drug-likeness (QED) is 0.512. The van der Waals surface area contributed by atoms with Crippen LogP contribution in [0.15, 0.2) is 11.8 Å². The summed E-state index contributed by atoms with van der Waals surface area (Å²) in [5.74, 6) is 0. The Balaban J connectivity index is 2.28. The fourth-order valence-electron chi connectivity index (χ4n) is 0.856. The van der Waals surface area contributed by atoms with E-state index in [0.717, 1.165) is 0 Å². The van der Waals surface area contributed by atoms with Crippen LogP contribution in [0.3, 0.4) is 0 Å². The number of rotatable bonds is 3. The molecule has 0 bridgehead atoms. The molecule has 2 atom stereocenters. The fourth-order valence-corrected chi connectivity index (χ4v) is 1.62. The molecule has 1 fully saturated rings. The zero-order valence-electron chi connectivity index (χ0n) is 7.37. The van der Waals surface area contributed by atoms with E-state index < -0.39 is 8.07 Å². The minimum Gasteiger partial charge on any atom is -0.394 e. The molecule has 11 heavy (non-hydrogen) atoms. The smallest absolute Gasteiger partial charge is 0.111 e. The second-order valence-electron chi connectivity index (χ2n) is 4.05. The van der Waals surface area contributed by atoms with Crippen LogP contribution < -0.4 is 0 Å². The Bertz CT molecular complexity index is 160. The van der Waals surface area contributed by atoms with E-state index in [9.17, 15) is 0 Å². The van der Waals surface area contributed by atoms with E-state index in [1.54, 1.807) is 0 Å². The Labute approximate surface area is 68.9 Å². The molecule has 0 aliphatic carbocycles. The van der Waals surface area contributed by atoms with Crippen LogP contribution in [-0.4, -0.2) is 32.0 Å². The number of aliphatic hydroxyl groups is 1. The van der Waals surface area contributed by atoms with Crippen molar-refractivity contribution in [2.45, 2.75) is 31.8 Å². The lowest BCUT2D eigenvalue weighted by atomic mass is 10.3. The van der Waals surface area contributed by atoms with Gasteiger partial charge in [-0.25, -0.2) is 0 Å². The van der Waals surface area contributed by atoms with Crippen molar-refractivity contribution in [3.05, 3.63) is 11.8 Å². The van der Waals surface area contributed by atoms with Crippen molar-refractivity contribution in [1.29, 1.82) is 0 Å². The standard InChI is InChI=1S/C8H16O2Si/c1-11(2,3)5-4-7-8(6-9)10-7/h4-5,7-9H,6H2,1-3H3/b5-4+. The second kappa shape index (κ2) is 3.09. The third-order valence-corrected chi connectivity index (χ3v) is 2.78. The normalized spacial score (nSPS) is 31.3. The van der Waals surface area contributed by atoms with E-state index in [1.807, 2.05) is 0 Å². The molecule has 3 heteroatoms. The number of aliphatic hydroxyl groups excluding tert-OH is 1. The third-order valence-electron chi connectivity index (χ3n) is 1.59. The lowest BCUT2D eigenvalue weighted by Crippen LogP contribution is -2.16. The minimum atomic E-state index is -1.06. The molecular formula is C8H16O2Si. The van der Waals surface area contributed by atoms with Crippen LogP contribution in [-0.2, 0) is 4.74 Å². The molecule has 0 amide bonds. The molecule has 0 aromatic heterocycles. The zero-order chi connectivity index (χ0) is 8.48. The van der Waals surface area contributed by atoms with Gasteiger partial charge in [-0.2, -0.15) is 0 Å².